The summed E-state index contributed by atoms with van der Waals surface area (Å²) in [6, 6.07) is 15.1. The van der Waals surface area contributed by atoms with Gasteiger partial charge in [0, 0.05) is 11.3 Å². The maximum atomic E-state index is 13.8. The predicted octanol–water partition coefficient (Wildman–Crippen LogP) is 5.12. The van der Waals surface area contributed by atoms with Crippen LogP contribution in [0.2, 0.25) is 0 Å². The highest BCUT2D eigenvalue weighted by molar-refractivity contribution is 5.54. The Morgan fingerprint density at radius 1 is 0.842 bits per heavy atom. The second-order valence-corrected chi connectivity index (χ2v) is 5.13. The highest BCUT2D eigenvalue weighted by Gasteiger charge is 2.12. The van der Waals surface area contributed by atoms with Crippen LogP contribution in [0.1, 0.15) is 43.9 Å². The zero-order valence-corrected chi connectivity index (χ0v) is 11.7. The summed E-state index contributed by atoms with van der Waals surface area (Å²) in [6.07, 6.45) is 0. The third-order valence-electron chi connectivity index (χ3n) is 3.33. The summed E-state index contributed by atoms with van der Waals surface area (Å²) >= 11 is 0. The minimum Gasteiger partial charge on any atom is -0.378 e. The van der Waals surface area contributed by atoms with E-state index in [1.165, 1.54) is 11.6 Å². The van der Waals surface area contributed by atoms with Crippen molar-refractivity contribution in [3.05, 3.63) is 65.5 Å². The monoisotopic (exact) mass is 257 g/mol. The molecule has 1 N–H and O–H groups in total. The molecule has 0 aliphatic carbocycles. The van der Waals surface area contributed by atoms with Gasteiger partial charge in [-0.25, -0.2) is 4.39 Å². The standard InChI is InChI=1S/C17H20FN/c1-12(2)14-8-5-7-11-17(14)19-13(3)15-9-4-6-10-16(15)18/h4-13,19H,1-3H3. The van der Waals surface area contributed by atoms with Gasteiger partial charge in [0.1, 0.15) is 5.82 Å². The average Bonchev–Trinajstić information content (AvgIpc) is 2.39. The van der Waals surface area contributed by atoms with Gasteiger partial charge in [0.2, 0.25) is 0 Å². The molecule has 0 heterocycles. The van der Waals surface area contributed by atoms with Crippen LogP contribution in [-0.4, -0.2) is 0 Å². The van der Waals surface area contributed by atoms with E-state index in [4.69, 9.17) is 0 Å². The van der Waals surface area contributed by atoms with E-state index < -0.39 is 0 Å². The number of para-hydroxylation sites is 1. The highest BCUT2D eigenvalue weighted by atomic mass is 19.1. The molecule has 1 nitrogen and oxygen atoms in total. The van der Waals surface area contributed by atoms with Gasteiger partial charge in [-0.15, -0.1) is 0 Å². The van der Waals surface area contributed by atoms with Crippen molar-refractivity contribution < 1.29 is 4.39 Å². The van der Waals surface area contributed by atoms with E-state index in [1.807, 2.05) is 37.3 Å². The summed E-state index contributed by atoms with van der Waals surface area (Å²) in [7, 11) is 0. The molecular weight excluding hydrogens is 237 g/mol. The van der Waals surface area contributed by atoms with Gasteiger partial charge in [-0.3, -0.25) is 0 Å². The average molecular weight is 257 g/mol. The maximum Gasteiger partial charge on any atom is 0.128 e. The molecule has 0 fully saturated rings. The summed E-state index contributed by atoms with van der Waals surface area (Å²) in [5.41, 5.74) is 3.03. The molecule has 0 saturated heterocycles. The van der Waals surface area contributed by atoms with Gasteiger partial charge in [0.15, 0.2) is 0 Å². The maximum absolute atomic E-state index is 13.8. The van der Waals surface area contributed by atoms with Crippen molar-refractivity contribution in [1.29, 1.82) is 0 Å². The van der Waals surface area contributed by atoms with Gasteiger partial charge in [-0.2, -0.15) is 0 Å². The summed E-state index contributed by atoms with van der Waals surface area (Å²) in [5.74, 6) is 0.279. The first kappa shape index (κ1) is 13.6. The fourth-order valence-corrected chi connectivity index (χ4v) is 2.27. The molecular formula is C17H20FN. The van der Waals surface area contributed by atoms with Gasteiger partial charge in [0.05, 0.1) is 6.04 Å². The molecule has 0 spiro atoms. The van der Waals surface area contributed by atoms with Crippen LogP contribution < -0.4 is 5.32 Å². The lowest BCUT2D eigenvalue weighted by molar-refractivity contribution is 0.600. The molecule has 2 aromatic carbocycles. The van der Waals surface area contributed by atoms with Crippen LogP contribution in [-0.2, 0) is 0 Å². The molecule has 0 bridgehead atoms. The van der Waals surface area contributed by atoms with Gasteiger partial charge >= 0.3 is 0 Å². The second kappa shape index (κ2) is 5.87. The highest BCUT2D eigenvalue weighted by Crippen LogP contribution is 2.28. The van der Waals surface area contributed by atoms with Crippen molar-refractivity contribution in [3.8, 4) is 0 Å². The largest absolute Gasteiger partial charge is 0.378 e. The molecule has 0 saturated carbocycles. The normalized spacial score (nSPS) is 12.5. The molecule has 1 unspecified atom stereocenters. The number of anilines is 1. The smallest absolute Gasteiger partial charge is 0.128 e. The van der Waals surface area contributed by atoms with E-state index in [0.717, 1.165) is 5.69 Å². The summed E-state index contributed by atoms with van der Waals surface area (Å²) in [5, 5.41) is 3.41. The lowest BCUT2D eigenvalue weighted by atomic mass is 10.00. The van der Waals surface area contributed by atoms with Gasteiger partial charge in [0.25, 0.3) is 0 Å². The van der Waals surface area contributed by atoms with Crippen LogP contribution in [0.25, 0.3) is 0 Å². The summed E-state index contributed by atoms with van der Waals surface area (Å²) in [4.78, 5) is 0. The first-order chi connectivity index (χ1) is 9.09. The molecule has 0 amide bonds. The van der Waals surface area contributed by atoms with E-state index in [9.17, 15) is 4.39 Å². The first-order valence-corrected chi connectivity index (χ1v) is 6.69. The molecule has 2 heteroatoms. The SMILES string of the molecule is CC(C)c1ccccc1NC(C)c1ccccc1F. The Balaban J connectivity index is 2.24. The van der Waals surface area contributed by atoms with E-state index in [-0.39, 0.29) is 11.9 Å². The lowest BCUT2D eigenvalue weighted by Crippen LogP contribution is -2.10. The van der Waals surface area contributed by atoms with Crippen molar-refractivity contribution in [2.24, 2.45) is 0 Å². The van der Waals surface area contributed by atoms with E-state index in [1.54, 1.807) is 6.07 Å². The van der Waals surface area contributed by atoms with Crippen molar-refractivity contribution in [2.45, 2.75) is 32.7 Å². The fraction of sp³-hybridized carbons (Fsp3) is 0.294. The Morgan fingerprint density at radius 2 is 1.42 bits per heavy atom. The molecule has 0 radical (unpaired) electrons. The van der Waals surface area contributed by atoms with Gasteiger partial charge in [-0.1, -0.05) is 50.2 Å². The van der Waals surface area contributed by atoms with E-state index in [0.29, 0.717) is 11.5 Å². The van der Waals surface area contributed by atoms with Crippen molar-refractivity contribution in [1.82, 2.24) is 0 Å². The Bertz CT molecular complexity index is 548. The number of rotatable bonds is 4. The predicted molar refractivity (Wildman–Crippen MR) is 79.0 cm³/mol. The summed E-state index contributed by atoms with van der Waals surface area (Å²) in [6.45, 7) is 6.30. The van der Waals surface area contributed by atoms with E-state index in [2.05, 4.69) is 25.2 Å². The fourth-order valence-electron chi connectivity index (χ4n) is 2.27. The zero-order valence-electron chi connectivity index (χ0n) is 11.7. The van der Waals surface area contributed by atoms with Crippen LogP contribution in [0.5, 0.6) is 0 Å². The topological polar surface area (TPSA) is 12.0 Å². The Labute approximate surface area is 114 Å². The molecule has 100 valence electrons. The van der Waals surface area contributed by atoms with Crippen LogP contribution in [0.15, 0.2) is 48.5 Å². The molecule has 0 aliphatic heterocycles. The summed E-state index contributed by atoms with van der Waals surface area (Å²) < 4.78 is 13.8. The molecule has 2 aromatic rings. The third-order valence-corrected chi connectivity index (χ3v) is 3.33. The number of benzene rings is 2. The van der Waals surface area contributed by atoms with Crippen molar-refractivity contribution in [2.75, 3.05) is 5.32 Å². The third kappa shape index (κ3) is 3.14. The lowest BCUT2D eigenvalue weighted by Gasteiger charge is -2.20. The molecule has 1 atom stereocenters. The zero-order chi connectivity index (χ0) is 13.8. The minimum absolute atomic E-state index is 0.0545. The number of hydrogen-bond acceptors (Lipinski definition) is 1. The van der Waals surface area contributed by atoms with Crippen LogP contribution in [0.3, 0.4) is 0 Å². The molecule has 0 aliphatic rings. The van der Waals surface area contributed by atoms with Crippen LogP contribution in [0.4, 0.5) is 10.1 Å². The number of halogens is 1. The molecule has 0 aromatic heterocycles. The van der Waals surface area contributed by atoms with E-state index >= 15 is 0 Å². The van der Waals surface area contributed by atoms with Crippen LogP contribution in [0, 0.1) is 5.82 Å². The number of nitrogens with one attached hydrogen (secondary N) is 1. The van der Waals surface area contributed by atoms with Crippen molar-refractivity contribution >= 4 is 5.69 Å². The Hall–Kier alpha value is -1.83. The number of hydrogen-bond donors (Lipinski definition) is 1. The minimum atomic E-state index is -0.162. The quantitative estimate of drug-likeness (QED) is 0.801. The molecule has 19 heavy (non-hydrogen) atoms. The first-order valence-electron chi connectivity index (χ1n) is 6.69. The second-order valence-electron chi connectivity index (χ2n) is 5.13. The van der Waals surface area contributed by atoms with Crippen LogP contribution >= 0.6 is 0 Å². The Kier molecular flexibility index (Phi) is 4.20. The Morgan fingerprint density at radius 3 is 2.05 bits per heavy atom. The van der Waals surface area contributed by atoms with Crippen molar-refractivity contribution in [3.63, 3.8) is 0 Å². The molecule has 2 rings (SSSR count). The van der Waals surface area contributed by atoms with Gasteiger partial charge < -0.3 is 5.32 Å². The van der Waals surface area contributed by atoms with Gasteiger partial charge in [-0.05, 0) is 30.5 Å².